The molecule has 1 aromatic heterocycles. The van der Waals surface area contributed by atoms with E-state index in [4.69, 9.17) is 4.74 Å². The van der Waals surface area contributed by atoms with Crippen LogP contribution in [0.4, 0.5) is 5.69 Å². The van der Waals surface area contributed by atoms with Crippen LogP contribution in [0.3, 0.4) is 0 Å². The molecule has 8 nitrogen and oxygen atoms in total. The zero-order valence-corrected chi connectivity index (χ0v) is 20.9. The number of anilines is 1. The number of nitrogens with zero attached hydrogens (tertiary/aromatic N) is 3. The standard InChI is InChI=1S/C25H30N4O4S/c1-6-33-23-13-11-22(12-14-23)28(34(5,31)32)17-25(30)27-26-16-21-15-19(3)29(20(21)4)24-10-8-7-9-18(24)2/h7-16H,6,17H2,1-5H3,(H,27,30)/b26-16+. The third-order valence-electron chi connectivity index (χ3n) is 5.34. The van der Waals surface area contributed by atoms with E-state index < -0.39 is 22.5 Å². The summed E-state index contributed by atoms with van der Waals surface area (Å²) in [5.74, 6) is 0.0697. The van der Waals surface area contributed by atoms with E-state index in [0.29, 0.717) is 18.0 Å². The number of carbonyl (C=O) groups excluding carboxylic acids is 1. The largest absolute Gasteiger partial charge is 0.494 e. The molecule has 0 spiro atoms. The molecule has 0 saturated carbocycles. The molecule has 0 aliphatic rings. The monoisotopic (exact) mass is 482 g/mol. The van der Waals surface area contributed by atoms with E-state index in [-0.39, 0.29) is 0 Å². The number of aromatic nitrogens is 1. The highest BCUT2D eigenvalue weighted by molar-refractivity contribution is 7.92. The number of ether oxygens (including phenoxy) is 1. The van der Waals surface area contributed by atoms with Crippen molar-refractivity contribution in [3.8, 4) is 11.4 Å². The van der Waals surface area contributed by atoms with Crippen LogP contribution in [0.15, 0.2) is 59.7 Å². The molecule has 1 heterocycles. The minimum Gasteiger partial charge on any atom is -0.494 e. The second-order valence-corrected chi connectivity index (χ2v) is 9.84. The molecule has 1 amide bonds. The average molecular weight is 483 g/mol. The highest BCUT2D eigenvalue weighted by atomic mass is 32.2. The predicted molar refractivity (Wildman–Crippen MR) is 136 cm³/mol. The second-order valence-electron chi connectivity index (χ2n) is 7.94. The summed E-state index contributed by atoms with van der Waals surface area (Å²) in [7, 11) is -3.68. The Morgan fingerprint density at radius 1 is 1.12 bits per heavy atom. The van der Waals surface area contributed by atoms with Crippen LogP contribution in [-0.4, -0.2) is 44.5 Å². The van der Waals surface area contributed by atoms with Crippen LogP contribution in [0, 0.1) is 20.8 Å². The van der Waals surface area contributed by atoms with Crippen molar-refractivity contribution in [2.24, 2.45) is 5.10 Å². The summed E-state index contributed by atoms with van der Waals surface area (Å²) < 4.78 is 33.1. The van der Waals surface area contributed by atoms with Gasteiger partial charge >= 0.3 is 0 Å². The Bertz CT molecular complexity index is 1290. The highest BCUT2D eigenvalue weighted by Gasteiger charge is 2.21. The van der Waals surface area contributed by atoms with Crippen LogP contribution in [0.5, 0.6) is 5.75 Å². The zero-order chi connectivity index (χ0) is 24.9. The Balaban J connectivity index is 1.73. The van der Waals surface area contributed by atoms with Gasteiger partial charge in [-0.3, -0.25) is 9.10 Å². The van der Waals surface area contributed by atoms with E-state index in [2.05, 4.69) is 34.2 Å². The normalized spacial score (nSPS) is 11.6. The number of rotatable bonds is 9. The molecule has 180 valence electrons. The molecule has 3 aromatic rings. The van der Waals surface area contributed by atoms with E-state index in [1.165, 1.54) is 0 Å². The Morgan fingerprint density at radius 3 is 2.41 bits per heavy atom. The number of hydrogen-bond acceptors (Lipinski definition) is 5. The molecular weight excluding hydrogens is 452 g/mol. The first-order valence-electron chi connectivity index (χ1n) is 10.9. The molecule has 0 aliphatic carbocycles. The SMILES string of the molecule is CCOc1ccc(N(CC(=O)N/N=C/c2cc(C)n(-c3ccccc3C)c2C)S(C)(=O)=O)cc1. The molecule has 0 saturated heterocycles. The molecule has 0 aliphatic heterocycles. The number of para-hydroxylation sites is 1. The van der Waals surface area contributed by atoms with Crippen molar-refractivity contribution < 1.29 is 17.9 Å². The molecule has 34 heavy (non-hydrogen) atoms. The van der Waals surface area contributed by atoms with Crippen molar-refractivity contribution in [1.29, 1.82) is 0 Å². The Kier molecular flexibility index (Phi) is 7.78. The van der Waals surface area contributed by atoms with E-state index >= 15 is 0 Å². The molecule has 2 aromatic carbocycles. The molecular formula is C25H30N4O4S. The highest BCUT2D eigenvalue weighted by Crippen LogP contribution is 2.23. The summed E-state index contributed by atoms with van der Waals surface area (Å²) in [6.45, 7) is 8.02. The lowest BCUT2D eigenvalue weighted by atomic mass is 10.2. The third kappa shape index (κ3) is 5.85. The summed E-state index contributed by atoms with van der Waals surface area (Å²) in [4.78, 5) is 12.5. The lowest BCUT2D eigenvalue weighted by Gasteiger charge is -2.21. The molecule has 0 atom stereocenters. The van der Waals surface area contributed by atoms with Crippen molar-refractivity contribution in [2.45, 2.75) is 27.7 Å². The first kappa shape index (κ1) is 25.0. The molecule has 0 radical (unpaired) electrons. The van der Waals surface area contributed by atoms with Gasteiger partial charge in [-0.05, 0) is 69.7 Å². The summed E-state index contributed by atoms with van der Waals surface area (Å²) in [6, 6.07) is 16.6. The van der Waals surface area contributed by atoms with Gasteiger partial charge in [0.05, 0.1) is 24.8 Å². The van der Waals surface area contributed by atoms with Gasteiger partial charge in [-0.25, -0.2) is 13.8 Å². The summed E-state index contributed by atoms with van der Waals surface area (Å²) >= 11 is 0. The van der Waals surface area contributed by atoms with Crippen molar-refractivity contribution >= 4 is 27.8 Å². The van der Waals surface area contributed by atoms with Gasteiger partial charge in [0.15, 0.2) is 0 Å². The van der Waals surface area contributed by atoms with Crippen LogP contribution >= 0.6 is 0 Å². The van der Waals surface area contributed by atoms with Gasteiger partial charge in [0, 0.05) is 22.6 Å². The second kappa shape index (κ2) is 10.6. The number of amides is 1. The number of sulfonamides is 1. The Morgan fingerprint density at radius 2 is 1.79 bits per heavy atom. The summed E-state index contributed by atoms with van der Waals surface area (Å²) in [6.07, 6.45) is 2.62. The van der Waals surface area contributed by atoms with Crippen molar-refractivity contribution in [3.63, 3.8) is 0 Å². The Hall–Kier alpha value is -3.59. The van der Waals surface area contributed by atoms with Gasteiger partial charge in [-0.15, -0.1) is 0 Å². The van der Waals surface area contributed by atoms with E-state index in [1.807, 2.05) is 39.0 Å². The maximum absolute atomic E-state index is 12.5. The van der Waals surface area contributed by atoms with Crippen molar-refractivity contribution in [1.82, 2.24) is 9.99 Å². The van der Waals surface area contributed by atoms with Gasteiger partial charge in [-0.1, -0.05) is 18.2 Å². The number of benzene rings is 2. The molecule has 0 unspecified atom stereocenters. The van der Waals surface area contributed by atoms with Crippen LogP contribution in [0.25, 0.3) is 5.69 Å². The quantitative estimate of drug-likeness (QED) is 0.372. The van der Waals surface area contributed by atoms with Crippen LogP contribution in [0.2, 0.25) is 0 Å². The van der Waals surface area contributed by atoms with E-state index in [1.54, 1.807) is 30.5 Å². The fraction of sp³-hybridized carbons (Fsp3) is 0.280. The van der Waals surface area contributed by atoms with Gasteiger partial charge in [0.2, 0.25) is 10.0 Å². The average Bonchev–Trinajstić information content (AvgIpc) is 3.06. The zero-order valence-electron chi connectivity index (χ0n) is 20.1. The lowest BCUT2D eigenvalue weighted by molar-refractivity contribution is -0.119. The van der Waals surface area contributed by atoms with Crippen molar-refractivity contribution in [2.75, 3.05) is 23.7 Å². The van der Waals surface area contributed by atoms with Gasteiger partial charge in [-0.2, -0.15) is 5.10 Å². The molecule has 0 bridgehead atoms. The molecule has 0 fully saturated rings. The first-order valence-corrected chi connectivity index (χ1v) is 12.7. The minimum atomic E-state index is -3.68. The van der Waals surface area contributed by atoms with Crippen LogP contribution < -0.4 is 14.5 Å². The summed E-state index contributed by atoms with van der Waals surface area (Å²) in [5, 5.41) is 4.06. The third-order valence-corrected chi connectivity index (χ3v) is 6.48. The predicted octanol–water partition coefficient (Wildman–Crippen LogP) is 3.72. The van der Waals surface area contributed by atoms with Crippen molar-refractivity contribution in [3.05, 3.63) is 77.1 Å². The fourth-order valence-electron chi connectivity index (χ4n) is 3.72. The van der Waals surface area contributed by atoms with Crippen LogP contribution in [0.1, 0.15) is 29.4 Å². The maximum atomic E-state index is 12.5. The van der Waals surface area contributed by atoms with Gasteiger partial charge in [0.1, 0.15) is 12.3 Å². The van der Waals surface area contributed by atoms with Gasteiger partial charge < -0.3 is 9.30 Å². The minimum absolute atomic E-state index is 0.367. The van der Waals surface area contributed by atoms with E-state index in [0.717, 1.165) is 38.8 Å². The number of carbonyl (C=O) groups is 1. The summed E-state index contributed by atoms with van der Waals surface area (Å²) in [5.41, 5.74) is 7.91. The number of aryl methyl sites for hydroxylation is 2. The molecule has 3 rings (SSSR count). The van der Waals surface area contributed by atoms with E-state index in [9.17, 15) is 13.2 Å². The lowest BCUT2D eigenvalue weighted by Crippen LogP contribution is -2.39. The topological polar surface area (TPSA) is 93.0 Å². The number of hydrazone groups is 1. The maximum Gasteiger partial charge on any atom is 0.260 e. The first-order chi connectivity index (χ1) is 16.1. The molecule has 9 heteroatoms. The number of nitrogens with one attached hydrogen (secondary N) is 1. The van der Waals surface area contributed by atoms with Gasteiger partial charge in [0.25, 0.3) is 5.91 Å². The Labute approximate surface area is 200 Å². The van der Waals surface area contributed by atoms with Crippen LogP contribution in [-0.2, 0) is 14.8 Å². The number of hydrogen-bond donors (Lipinski definition) is 1. The fourth-order valence-corrected chi connectivity index (χ4v) is 4.57. The smallest absolute Gasteiger partial charge is 0.260 e. The molecule has 1 N–H and O–H groups in total.